The lowest BCUT2D eigenvalue weighted by Crippen LogP contribution is -2.19. The van der Waals surface area contributed by atoms with E-state index in [9.17, 15) is 0 Å². The Morgan fingerprint density at radius 1 is 1.30 bits per heavy atom. The maximum absolute atomic E-state index is 5.13. The quantitative estimate of drug-likeness (QED) is 0.553. The summed E-state index contributed by atoms with van der Waals surface area (Å²) in [4.78, 5) is 2.43. The van der Waals surface area contributed by atoms with E-state index in [1.807, 2.05) is 0 Å². The highest BCUT2D eigenvalue weighted by atomic mass is 35.5. The molecule has 1 nitrogen and oxygen atoms in total. The first-order valence-corrected chi connectivity index (χ1v) is 3.59. The number of likely N-dealkylation sites (tertiary alicyclic amines) is 1. The molecule has 1 rings (SSSR count). The van der Waals surface area contributed by atoms with Crippen LogP contribution < -0.4 is 0 Å². The van der Waals surface area contributed by atoms with Crippen molar-refractivity contribution in [2.24, 2.45) is 0 Å². The molecular formula is C8H14ClN. The molecule has 1 heterocycles. The Morgan fingerprint density at radius 3 is 2.40 bits per heavy atom. The first kappa shape index (κ1) is 9.81. The smallest absolute Gasteiger partial charge is 0.0214 e. The highest BCUT2D eigenvalue weighted by Crippen LogP contribution is 2.06. The van der Waals surface area contributed by atoms with Gasteiger partial charge in [0.25, 0.3) is 0 Å². The summed E-state index contributed by atoms with van der Waals surface area (Å²) < 4.78 is 0. The van der Waals surface area contributed by atoms with Crippen LogP contribution in [0.3, 0.4) is 0 Å². The summed E-state index contributed by atoms with van der Waals surface area (Å²) in [7, 11) is 0. The minimum atomic E-state index is 0. The van der Waals surface area contributed by atoms with E-state index in [-0.39, 0.29) is 12.4 Å². The number of halogens is 1. The third kappa shape index (κ3) is 3.10. The van der Waals surface area contributed by atoms with Gasteiger partial charge in [0.2, 0.25) is 0 Å². The van der Waals surface area contributed by atoms with Gasteiger partial charge in [0, 0.05) is 13.0 Å². The molecule has 0 amide bonds. The summed E-state index contributed by atoms with van der Waals surface area (Å²) in [5.41, 5.74) is 0. The zero-order chi connectivity index (χ0) is 6.53. The monoisotopic (exact) mass is 159 g/mol. The lowest BCUT2D eigenvalue weighted by molar-refractivity contribution is 0.348. The number of hydrogen-bond donors (Lipinski definition) is 0. The average Bonchev–Trinajstić information content (AvgIpc) is 2.34. The Bertz CT molecular complexity index is 111. The molecule has 0 aromatic heterocycles. The van der Waals surface area contributed by atoms with Crippen LogP contribution in [0.25, 0.3) is 0 Å². The summed E-state index contributed by atoms with van der Waals surface area (Å²) in [5.74, 6) is 2.65. The summed E-state index contributed by atoms with van der Waals surface area (Å²) in [6.45, 7) is 3.64. The topological polar surface area (TPSA) is 3.24 Å². The van der Waals surface area contributed by atoms with Crippen LogP contribution in [0.15, 0.2) is 0 Å². The first-order valence-electron chi connectivity index (χ1n) is 3.59. The van der Waals surface area contributed by atoms with Crippen LogP contribution in [-0.2, 0) is 0 Å². The van der Waals surface area contributed by atoms with Gasteiger partial charge in [-0.3, -0.25) is 0 Å². The van der Waals surface area contributed by atoms with Crippen LogP contribution in [0.5, 0.6) is 0 Å². The molecule has 1 aliphatic heterocycles. The van der Waals surface area contributed by atoms with Gasteiger partial charge in [0.05, 0.1) is 0 Å². The third-order valence-corrected chi connectivity index (χ3v) is 1.77. The second-order valence-electron chi connectivity index (χ2n) is 2.50. The molecule has 1 fully saturated rings. The van der Waals surface area contributed by atoms with Gasteiger partial charge in [-0.15, -0.1) is 24.8 Å². The van der Waals surface area contributed by atoms with Gasteiger partial charge in [-0.25, -0.2) is 0 Å². The fraction of sp³-hybridized carbons (Fsp3) is 0.750. The van der Waals surface area contributed by atoms with Crippen molar-refractivity contribution in [1.82, 2.24) is 4.90 Å². The summed E-state index contributed by atoms with van der Waals surface area (Å²) >= 11 is 0. The fourth-order valence-electron chi connectivity index (χ4n) is 1.23. The molecule has 58 valence electrons. The van der Waals surface area contributed by atoms with Crippen LogP contribution in [-0.4, -0.2) is 24.5 Å². The van der Waals surface area contributed by atoms with Crippen LogP contribution in [0.4, 0.5) is 0 Å². The van der Waals surface area contributed by atoms with E-state index in [1.165, 1.54) is 25.9 Å². The molecule has 0 saturated carbocycles. The van der Waals surface area contributed by atoms with Crippen molar-refractivity contribution in [2.45, 2.75) is 19.3 Å². The molecule has 1 aliphatic rings. The second kappa shape index (κ2) is 5.58. The van der Waals surface area contributed by atoms with E-state index in [0.29, 0.717) is 0 Å². The number of nitrogens with zero attached hydrogens (tertiary/aromatic N) is 1. The van der Waals surface area contributed by atoms with Gasteiger partial charge < -0.3 is 4.90 Å². The molecule has 0 bridgehead atoms. The van der Waals surface area contributed by atoms with Crippen molar-refractivity contribution in [3.05, 3.63) is 0 Å². The zero-order valence-electron chi connectivity index (χ0n) is 6.18. The van der Waals surface area contributed by atoms with E-state index < -0.39 is 0 Å². The van der Waals surface area contributed by atoms with Gasteiger partial charge in [-0.2, -0.15) is 0 Å². The molecule has 2 heteroatoms. The highest BCUT2D eigenvalue weighted by Gasteiger charge is 2.08. The van der Waals surface area contributed by atoms with Crippen LogP contribution in [0.2, 0.25) is 0 Å². The molecule has 0 N–H and O–H groups in total. The Morgan fingerprint density at radius 2 is 1.90 bits per heavy atom. The largest absolute Gasteiger partial charge is 0.302 e. The fourth-order valence-corrected chi connectivity index (χ4v) is 1.23. The number of rotatable bonds is 2. The van der Waals surface area contributed by atoms with Crippen molar-refractivity contribution in [1.29, 1.82) is 0 Å². The molecule has 0 atom stereocenters. The molecule has 1 saturated heterocycles. The van der Waals surface area contributed by atoms with Gasteiger partial charge in [0.1, 0.15) is 0 Å². The van der Waals surface area contributed by atoms with E-state index in [4.69, 9.17) is 6.42 Å². The maximum Gasteiger partial charge on any atom is 0.0214 e. The predicted octanol–water partition coefficient (Wildman–Crippen LogP) is 1.53. The van der Waals surface area contributed by atoms with Crippen LogP contribution in [0.1, 0.15) is 19.3 Å². The van der Waals surface area contributed by atoms with Crippen molar-refractivity contribution in [2.75, 3.05) is 19.6 Å². The first-order chi connectivity index (χ1) is 4.43. The second-order valence-corrected chi connectivity index (χ2v) is 2.50. The minimum Gasteiger partial charge on any atom is -0.302 e. The number of terminal acetylenes is 1. The maximum atomic E-state index is 5.13. The standard InChI is InChI=1S/C8H13N.ClH/c1-2-3-6-9-7-4-5-8-9;/h1H,3-8H2;1H. The molecule has 0 radical (unpaired) electrons. The predicted molar refractivity (Wildman–Crippen MR) is 46.4 cm³/mol. The normalized spacial score (nSPS) is 17.9. The zero-order valence-corrected chi connectivity index (χ0v) is 6.99. The van der Waals surface area contributed by atoms with Crippen molar-refractivity contribution in [3.8, 4) is 12.3 Å². The van der Waals surface area contributed by atoms with Crippen molar-refractivity contribution < 1.29 is 0 Å². The number of hydrogen-bond acceptors (Lipinski definition) is 1. The molecule has 0 spiro atoms. The molecular weight excluding hydrogens is 146 g/mol. The van der Waals surface area contributed by atoms with E-state index >= 15 is 0 Å². The lowest BCUT2D eigenvalue weighted by atomic mass is 10.4. The van der Waals surface area contributed by atoms with Gasteiger partial charge >= 0.3 is 0 Å². The van der Waals surface area contributed by atoms with Crippen LogP contribution >= 0.6 is 12.4 Å². The van der Waals surface area contributed by atoms with Crippen molar-refractivity contribution >= 4 is 12.4 Å². The molecule has 0 aromatic rings. The lowest BCUT2D eigenvalue weighted by Gasteiger charge is -2.10. The summed E-state index contributed by atoms with van der Waals surface area (Å²) in [6.07, 6.45) is 8.78. The third-order valence-electron chi connectivity index (χ3n) is 1.77. The summed E-state index contributed by atoms with van der Waals surface area (Å²) in [5, 5.41) is 0. The van der Waals surface area contributed by atoms with Gasteiger partial charge in [-0.05, 0) is 25.9 Å². The highest BCUT2D eigenvalue weighted by molar-refractivity contribution is 5.85. The van der Waals surface area contributed by atoms with Crippen molar-refractivity contribution in [3.63, 3.8) is 0 Å². The Hall–Kier alpha value is -0.190. The SMILES string of the molecule is C#CCCN1CCCC1.Cl. The Kier molecular flexibility index (Phi) is 5.48. The van der Waals surface area contributed by atoms with Gasteiger partial charge in [-0.1, -0.05) is 0 Å². The molecule has 0 aromatic carbocycles. The average molecular weight is 160 g/mol. The van der Waals surface area contributed by atoms with E-state index in [1.54, 1.807) is 0 Å². The van der Waals surface area contributed by atoms with Crippen LogP contribution in [0, 0.1) is 12.3 Å². The Labute approximate surface area is 69.2 Å². The van der Waals surface area contributed by atoms with E-state index in [0.717, 1.165) is 13.0 Å². The molecule has 0 unspecified atom stereocenters. The minimum absolute atomic E-state index is 0. The summed E-state index contributed by atoms with van der Waals surface area (Å²) in [6, 6.07) is 0. The van der Waals surface area contributed by atoms with Gasteiger partial charge in [0.15, 0.2) is 0 Å². The Balaban J connectivity index is 0.000000810. The molecule has 0 aliphatic carbocycles. The molecule has 10 heavy (non-hydrogen) atoms. The van der Waals surface area contributed by atoms with E-state index in [2.05, 4.69) is 10.8 Å².